The van der Waals surface area contributed by atoms with E-state index in [1.165, 1.54) is 18.2 Å². The third-order valence-electron chi connectivity index (χ3n) is 2.99. The highest BCUT2D eigenvalue weighted by Gasteiger charge is 2.38. The first kappa shape index (κ1) is 14.9. The van der Waals surface area contributed by atoms with Crippen LogP contribution in [0.4, 0.5) is 5.69 Å². The van der Waals surface area contributed by atoms with E-state index in [4.69, 9.17) is 9.69 Å². The molecule has 0 saturated carbocycles. The van der Waals surface area contributed by atoms with Crippen molar-refractivity contribution in [2.24, 2.45) is 5.14 Å². The van der Waals surface area contributed by atoms with Crippen LogP contribution in [0.25, 0.3) is 0 Å². The van der Waals surface area contributed by atoms with Gasteiger partial charge in [-0.05, 0) is 12.1 Å². The summed E-state index contributed by atoms with van der Waals surface area (Å²) in [5.74, 6) is -0.569. The van der Waals surface area contributed by atoms with E-state index in [0.29, 0.717) is 0 Å². The fourth-order valence-corrected chi connectivity index (χ4v) is 3.45. The predicted molar refractivity (Wildman–Crippen MR) is 70.1 cm³/mol. The second kappa shape index (κ2) is 4.81. The highest BCUT2D eigenvalue weighted by molar-refractivity contribution is 7.89. The standard InChI is InChI=1S/C10H12N2O6S2/c11-19(14,15)7-5-10(13)12(6-7)8-3-1-2-4-9(8)20(16,17)18/h1-4,7H,5-6H2,(H2,11,14,15)(H,16,17,18). The average molecular weight is 320 g/mol. The van der Waals surface area contributed by atoms with Gasteiger partial charge in [-0.25, -0.2) is 13.6 Å². The Morgan fingerprint density at radius 2 is 1.80 bits per heavy atom. The van der Waals surface area contributed by atoms with Gasteiger partial charge in [-0.1, -0.05) is 12.1 Å². The minimum Gasteiger partial charge on any atom is -0.310 e. The number of amides is 1. The number of nitrogens with zero attached hydrogens (tertiary/aromatic N) is 1. The summed E-state index contributed by atoms with van der Waals surface area (Å²) in [5.41, 5.74) is -0.0637. The Morgan fingerprint density at radius 1 is 1.20 bits per heavy atom. The Kier molecular flexibility index (Phi) is 3.58. The van der Waals surface area contributed by atoms with Crippen LogP contribution in [0.15, 0.2) is 29.2 Å². The molecule has 1 aliphatic rings. The number of primary sulfonamides is 1. The van der Waals surface area contributed by atoms with Gasteiger partial charge in [0, 0.05) is 13.0 Å². The number of hydrogen-bond acceptors (Lipinski definition) is 5. The lowest BCUT2D eigenvalue weighted by molar-refractivity contribution is -0.117. The van der Waals surface area contributed by atoms with E-state index in [2.05, 4.69) is 0 Å². The Balaban J connectivity index is 2.47. The molecule has 10 heteroatoms. The van der Waals surface area contributed by atoms with Crippen molar-refractivity contribution in [3.05, 3.63) is 24.3 Å². The minimum atomic E-state index is -4.52. The van der Waals surface area contributed by atoms with Crippen molar-refractivity contribution in [1.82, 2.24) is 0 Å². The molecule has 1 aromatic carbocycles. The van der Waals surface area contributed by atoms with E-state index < -0.39 is 36.2 Å². The van der Waals surface area contributed by atoms with Gasteiger partial charge in [0.25, 0.3) is 10.1 Å². The summed E-state index contributed by atoms with van der Waals surface area (Å²) < 4.78 is 54.2. The molecule has 110 valence electrons. The van der Waals surface area contributed by atoms with Crippen LogP contribution >= 0.6 is 0 Å². The van der Waals surface area contributed by atoms with E-state index >= 15 is 0 Å². The molecule has 1 saturated heterocycles. The van der Waals surface area contributed by atoms with Gasteiger partial charge in [-0.2, -0.15) is 8.42 Å². The number of sulfonamides is 1. The Bertz CT molecular complexity index is 756. The summed E-state index contributed by atoms with van der Waals surface area (Å²) in [4.78, 5) is 12.4. The van der Waals surface area contributed by atoms with E-state index in [9.17, 15) is 21.6 Å². The molecule has 0 bridgehead atoms. The molecule has 0 aliphatic carbocycles. The predicted octanol–water partition coefficient (Wildman–Crippen LogP) is -0.673. The smallest absolute Gasteiger partial charge is 0.296 e. The molecule has 0 aromatic heterocycles. The fourth-order valence-electron chi connectivity index (χ4n) is 2.03. The number of para-hydroxylation sites is 1. The number of hydrogen-bond donors (Lipinski definition) is 2. The van der Waals surface area contributed by atoms with Gasteiger partial charge in [-0.15, -0.1) is 0 Å². The number of rotatable bonds is 3. The largest absolute Gasteiger partial charge is 0.310 e. The lowest BCUT2D eigenvalue weighted by atomic mass is 10.3. The molecule has 0 radical (unpaired) electrons. The SMILES string of the molecule is NS(=O)(=O)C1CC(=O)N(c2ccccc2S(=O)(=O)O)C1. The molecule has 1 aromatic rings. The van der Waals surface area contributed by atoms with Gasteiger partial charge < -0.3 is 4.90 Å². The first-order valence-electron chi connectivity index (χ1n) is 5.49. The molecular formula is C10H12N2O6S2. The molecule has 1 aliphatic heterocycles. The number of benzene rings is 1. The van der Waals surface area contributed by atoms with Crippen LogP contribution < -0.4 is 10.0 Å². The summed E-state index contributed by atoms with van der Waals surface area (Å²) >= 11 is 0. The zero-order chi connectivity index (χ0) is 15.1. The van der Waals surface area contributed by atoms with Crippen LogP contribution in [-0.4, -0.2) is 39.1 Å². The summed E-state index contributed by atoms with van der Waals surface area (Å²) in [6.45, 7) is -0.246. The molecule has 1 fully saturated rings. The van der Waals surface area contributed by atoms with Crippen molar-refractivity contribution in [3.63, 3.8) is 0 Å². The third kappa shape index (κ3) is 2.82. The van der Waals surface area contributed by atoms with Crippen molar-refractivity contribution in [1.29, 1.82) is 0 Å². The maximum absolute atomic E-state index is 11.8. The number of carbonyl (C=O) groups is 1. The molecule has 3 N–H and O–H groups in total. The number of nitrogens with two attached hydrogens (primary N) is 1. The summed E-state index contributed by atoms with van der Waals surface area (Å²) in [7, 11) is -8.42. The van der Waals surface area contributed by atoms with Gasteiger partial charge in [0.2, 0.25) is 15.9 Å². The fraction of sp³-hybridized carbons (Fsp3) is 0.300. The first-order chi connectivity index (χ1) is 9.10. The number of anilines is 1. The normalized spacial score (nSPS) is 20.4. The molecule has 1 unspecified atom stereocenters. The zero-order valence-corrected chi connectivity index (χ0v) is 11.8. The van der Waals surface area contributed by atoms with Crippen LogP contribution in [-0.2, 0) is 24.9 Å². The molecule has 20 heavy (non-hydrogen) atoms. The van der Waals surface area contributed by atoms with Gasteiger partial charge in [0.1, 0.15) is 10.1 Å². The highest BCUT2D eigenvalue weighted by Crippen LogP contribution is 2.29. The van der Waals surface area contributed by atoms with Crippen molar-refractivity contribution in [2.75, 3.05) is 11.4 Å². The van der Waals surface area contributed by atoms with Gasteiger partial charge in [-0.3, -0.25) is 9.35 Å². The van der Waals surface area contributed by atoms with Gasteiger partial charge in [0.05, 0.1) is 5.69 Å². The van der Waals surface area contributed by atoms with Crippen molar-refractivity contribution in [3.8, 4) is 0 Å². The van der Waals surface area contributed by atoms with Crippen LogP contribution in [0.5, 0.6) is 0 Å². The van der Waals surface area contributed by atoms with Gasteiger partial charge >= 0.3 is 0 Å². The quantitative estimate of drug-likeness (QED) is 0.709. The molecule has 1 atom stereocenters. The summed E-state index contributed by atoms with van der Waals surface area (Å²) in [5, 5.41) is 3.90. The van der Waals surface area contributed by atoms with Crippen LogP contribution in [0.3, 0.4) is 0 Å². The molecule has 1 amide bonds. The Morgan fingerprint density at radius 3 is 2.30 bits per heavy atom. The van der Waals surface area contributed by atoms with E-state index in [0.717, 1.165) is 11.0 Å². The van der Waals surface area contributed by atoms with Crippen LogP contribution in [0.1, 0.15) is 6.42 Å². The number of carbonyl (C=O) groups excluding carboxylic acids is 1. The monoisotopic (exact) mass is 320 g/mol. The van der Waals surface area contributed by atoms with Crippen molar-refractivity contribution < 1.29 is 26.2 Å². The van der Waals surface area contributed by atoms with Gasteiger partial charge in [0.15, 0.2) is 0 Å². The lowest BCUT2D eigenvalue weighted by Crippen LogP contribution is -2.32. The summed E-state index contributed by atoms with van der Waals surface area (Å²) in [6.07, 6.45) is -0.321. The van der Waals surface area contributed by atoms with E-state index in [-0.39, 0.29) is 18.7 Å². The van der Waals surface area contributed by atoms with E-state index in [1.54, 1.807) is 0 Å². The molecular weight excluding hydrogens is 308 g/mol. The molecule has 8 nitrogen and oxygen atoms in total. The Labute approximate surface area is 116 Å². The molecule has 2 rings (SSSR count). The lowest BCUT2D eigenvalue weighted by Gasteiger charge is -2.18. The third-order valence-corrected chi connectivity index (χ3v) is 5.13. The minimum absolute atomic E-state index is 0.0637. The second-order valence-corrected chi connectivity index (χ2v) is 7.60. The molecule has 1 heterocycles. The van der Waals surface area contributed by atoms with Crippen molar-refractivity contribution >= 4 is 31.7 Å². The summed E-state index contributed by atoms with van der Waals surface area (Å²) in [6, 6.07) is 5.29. The topological polar surface area (TPSA) is 135 Å². The van der Waals surface area contributed by atoms with E-state index in [1.807, 2.05) is 0 Å². The first-order valence-corrected chi connectivity index (χ1v) is 8.54. The Hall–Kier alpha value is -1.49. The molecule has 0 spiro atoms. The maximum atomic E-state index is 11.8. The van der Waals surface area contributed by atoms with Crippen molar-refractivity contribution in [2.45, 2.75) is 16.6 Å². The maximum Gasteiger partial charge on any atom is 0.296 e. The zero-order valence-electron chi connectivity index (χ0n) is 10.1. The van der Waals surface area contributed by atoms with Crippen LogP contribution in [0, 0.1) is 0 Å². The average Bonchev–Trinajstić information content (AvgIpc) is 2.70. The van der Waals surface area contributed by atoms with Crippen LogP contribution in [0.2, 0.25) is 0 Å². The highest BCUT2D eigenvalue weighted by atomic mass is 32.2. The second-order valence-electron chi connectivity index (χ2n) is 4.36.